The van der Waals surface area contributed by atoms with Crippen LogP contribution in [-0.2, 0) is 7.05 Å². The van der Waals surface area contributed by atoms with Crippen molar-refractivity contribution >= 4 is 33.7 Å². The fraction of sp³-hybridized carbons (Fsp3) is 0.176. The van der Waals surface area contributed by atoms with Crippen LogP contribution >= 0.6 is 11.6 Å². The number of hydrogen-bond donors (Lipinski definition) is 1. The summed E-state index contributed by atoms with van der Waals surface area (Å²) in [6.45, 7) is 0. The minimum atomic E-state index is 0.445. The van der Waals surface area contributed by atoms with Crippen molar-refractivity contribution in [1.29, 1.82) is 0 Å². The van der Waals surface area contributed by atoms with Crippen molar-refractivity contribution in [3.8, 4) is 22.9 Å². The summed E-state index contributed by atoms with van der Waals surface area (Å²) in [6.07, 6.45) is 3.62. The number of hydrogen-bond acceptors (Lipinski definition) is 4. The zero-order valence-corrected chi connectivity index (χ0v) is 14.2. The largest absolute Gasteiger partial charge is 0.491 e. The Morgan fingerprint density at radius 2 is 2.04 bits per heavy atom. The lowest BCUT2D eigenvalue weighted by atomic mass is 10.2. The van der Waals surface area contributed by atoms with Crippen LogP contribution in [0.25, 0.3) is 33.3 Å². The van der Waals surface area contributed by atoms with Crippen molar-refractivity contribution in [3.63, 3.8) is 0 Å². The Kier molecular flexibility index (Phi) is 3.35. The van der Waals surface area contributed by atoms with Gasteiger partial charge in [0, 0.05) is 36.5 Å². The number of H-pyrrole nitrogens is 1. The molecule has 0 fully saturated rings. The van der Waals surface area contributed by atoms with Crippen molar-refractivity contribution in [2.75, 3.05) is 14.2 Å². The van der Waals surface area contributed by atoms with E-state index >= 15 is 0 Å². The SMILES string of the molecule is COc1cc2[nH]cc(-c3cc4c(Cl)ccnc4n3C)c2nc1OC. The fourth-order valence-electron chi connectivity index (χ4n) is 2.95. The van der Waals surface area contributed by atoms with Crippen molar-refractivity contribution in [2.24, 2.45) is 7.05 Å². The number of nitrogens with one attached hydrogen (secondary N) is 1. The highest BCUT2D eigenvalue weighted by atomic mass is 35.5. The number of aromatic amines is 1. The van der Waals surface area contributed by atoms with Gasteiger partial charge in [-0.05, 0) is 12.1 Å². The predicted molar refractivity (Wildman–Crippen MR) is 93.9 cm³/mol. The highest BCUT2D eigenvalue weighted by Crippen LogP contribution is 2.36. The van der Waals surface area contributed by atoms with Gasteiger partial charge in [0.25, 0.3) is 5.88 Å². The van der Waals surface area contributed by atoms with Gasteiger partial charge >= 0.3 is 0 Å². The number of nitrogens with zero attached hydrogens (tertiary/aromatic N) is 3. The summed E-state index contributed by atoms with van der Waals surface area (Å²) in [5.74, 6) is 1.03. The summed E-state index contributed by atoms with van der Waals surface area (Å²) in [5.41, 5.74) is 4.41. The molecule has 0 atom stereocenters. The number of pyridine rings is 2. The highest BCUT2D eigenvalue weighted by molar-refractivity contribution is 6.35. The van der Waals surface area contributed by atoms with Gasteiger partial charge in [0.05, 0.1) is 30.5 Å². The van der Waals surface area contributed by atoms with Crippen LogP contribution in [0.1, 0.15) is 0 Å². The molecule has 0 spiro atoms. The van der Waals surface area contributed by atoms with Crippen LogP contribution < -0.4 is 9.47 Å². The Labute approximate surface area is 143 Å². The smallest absolute Gasteiger partial charge is 0.257 e. The number of halogens is 1. The number of rotatable bonds is 3. The maximum atomic E-state index is 6.30. The molecular formula is C17H15ClN4O2. The lowest BCUT2D eigenvalue weighted by Crippen LogP contribution is -1.95. The summed E-state index contributed by atoms with van der Waals surface area (Å²) >= 11 is 6.30. The molecule has 7 heteroatoms. The third-order valence-electron chi connectivity index (χ3n) is 4.15. The van der Waals surface area contributed by atoms with Crippen LogP contribution in [0.4, 0.5) is 0 Å². The van der Waals surface area contributed by atoms with Crippen LogP contribution in [0.3, 0.4) is 0 Å². The summed E-state index contributed by atoms with van der Waals surface area (Å²) in [4.78, 5) is 12.2. The molecule has 4 rings (SSSR count). The quantitative estimate of drug-likeness (QED) is 0.615. The number of aryl methyl sites for hydroxylation is 1. The standard InChI is InChI=1S/C17H15ClN4O2/c1-22-13(6-9-11(18)4-5-19-16(9)22)10-8-20-12-7-14(23-2)17(24-3)21-15(10)12/h4-8,20H,1-3H3. The first kappa shape index (κ1) is 14.8. The lowest BCUT2D eigenvalue weighted by Gasteiger charge is -2.07. The van der Waals surface area contributed by atoms with Gasteiger partial charge in [-0.1, -0.05) is 11.6 Å². The Hall–Kier alpha value is -2.73. The Balaban J connectivity index is 2.00. The summed E-state index contributed by atoms with van der Waals surface area (Å²) in [5, 5.41) is 1.58. The van der Waals surface area contributed by atoms with Crippen LogP contribution in [-0.4, -0.2) is 33.7 Å². The van der Waals surface area contributed by atoms with Crippen molar-refractivity contribution in [3.05, 3.63) is 35.6 Å². The van der Waals surface area contributed by atoms with Crippen LogP contribution in [0.2, 0.25) is 5.02 Å². The van der Waals surface area contributed by atoms with E-state index in [-0.39, 0.29) is 0 Å². The predicted octanol–water partition coefficient (Wildman–Crippen LogP) is 3.79. The van der Waals surface area contributed by atoms with Gasteiger partial charge < -0.3 is 19.0 Å². The van der Waals surface area contributed by atoms with E-state index in [4.69, 9.17) is 21.1 Å². The second-order valence-electron chi connectivity index (χ2n) is 5.42. The highest BCUT2D eigenvalue weighted by Gasteiger charge is 2.17. The third-order valence-corrected chi connectivity index (χ3v) is 4.48. The van der Waals surface area contributed by atoms with E-state index in [1.807, 2.05) is 29.9 Å². The number of methoxy groups -OCH3 is 2. The molecule has 0 aliphatic heterocycles. The van der Waals surface area contributed by atoms with E-state index in [0.717, 1.165) is 33.3 Å². The first-order valence-corrected chi connectivity index (χ1v) is 7.72. The number of fused-ring (bicyclic) bond motifs is 2. The minimum Gasteiger partial charge on any atom is -0.491 e. The minimum absolute atomic E-state index is 0.445. The summed E-state index contributed by atoms with van der Waals surface area (Å²) < 4.78 is 12.6. The normalized spacial score (nSPS) is 11.3. The van der Waals surface area contributed by atoms with Crippen LogP contribution in [0.15, 0.2) is 30.6 Å². The second-order valence-corrected chi connectivity index (χ2v) is 5.82. The average molecular weight is 343 g/mol. The molecule has 4 aromatic rings. The van der Waals surface area contributed by atoms with Gasteiger partial charge in [-0.25, -0.2) is 9.97 Å². The molecule has 0 aromatic carbocycles. The molecule has 24 heavy (non-hydrogen) atoms. The second kappa shape index (κ2) is 5.42. The first-order valence-electron chi connectivity index (χ1n) is 7.34. The maximum Gasteiger partial charge on any atom is 0.257 e. The van der Waals surface area contributed by atoms with Crippen LogP contribution in [0, 0.1) is 0 Å². The molecule has 0 bridgehead atoms. The Bertz CT molecular complexity index is 1070. The molecule has 122 valence electrons. The van der Waals surface area contributed by atoms with Gasteiger partial charge in [-0.2, -0.15) is 0 Å². The van der Waals surface area contributed by atoms with E-state index in [1.165, 1.54) is 0 Å². The van der Waals surface area contributed by atoms with Crippen molar-refractivity contribution in [2.45, 2.75) is 0 Å². The maximum absolute atomic E-state index is 6.30. The fourth-order valence-corrected chi connectivity index (χ4v) is 3.14. The summed E-state index contributed by atoms with van der Waals surface area (Å²) in [6, 6.07) is 5.68. The lowest BCUT2D eigenvalue weighted by molar-refractivity contribution is 0.344. The van der Waals surface area contributed by atoms with Gasteiger partial charge in [-0.15, -0.1) is 0 Å². The molecule has 1 N–H and O–H groups in total. The zero-order valence-electron chi connectivity index (χ0n) is 13.4. The molecule has 4 aromatic heterocycles. The third kappa shape index (κ3) is 2.03. The van der Waals surface area contributed by atoms with E-state index in [9.17, 15) is 0 Å². The molecule has 0 unspecified atom stereocenters. The van der Waals surface area contributed by atoms with Gasteiger partial charge in [0.15, 0.2) is 5.75 Å². The number of ether oxygens (including phenoxy) is 2. The number of aromatic nitrogens is 4. The average Bonchev–Trinajstić information content (AvgIpc) is 3.15. The summed E-state index contributed by atoms with van der Waals surface area (Å²) in [7, 11) is 5.12. The Morgan fingerprint density at radius 3 is 2.75 bits per heavy atom. The van der Waals surface area contributed by atoms with Crippen molar-refractivity contribution < 1.29 is 9.47 Å². The van der Waals surface area contributed by atoms with E-state index in [0.29, 0.717) is 16.7 Å². The monoisotopic (exact) mass is 342 g/mol. The Morgan fingerprint density at radius 1 is 1.21 bits per heavy atom. The molecule has 0 radical (unpaired) electrons. The molecular weight excluding hydrogens is 328 g/mol. The van der Waals surface area contributed by atoms with Gasteiger partial charge in [0.2, 0.25) is 0 Å². The topological polar surface area (TPSA) is 65.0 Å². The van der Waals surface area contributed by atoms with E-state index < -0.39 is 0 Å². The first-order chi connectivity index (χ1) is 11.6. The molecule has 0 amide bonds. The van der Waals surface area contributed by atoms with Crippen molar-refractivity contribution in [1.82, 2.24) is 19.5 Å². The van der Waals surface area contributed by atoms with Gasteiger partial charge in [-0.3, -0.25) is 0 Å². The molecule has 0 saturated carbocycles. The molecule has 0 saturated heterocycles. The zero-order chi connectivity index (χ0) is 16.8. The molecule has 4 heterocycles. The van der Waals surface area contributed by atoms with E-state index in [2.05, 4.69) is 15.0 Å². The molecule has 0 aliphatic rings. The van der Waals surface area contributed by atoms with Gasteiger partial charge in [0.1, 0.15) is 11.2 Å². The van der Waals surface area contributed by atoms with Crippen LogP contribution in [0.5, 0.6) is 11.6 Å². The van der Waals surface area contributed by atoms with E-state index in [1.54, 1.807) is 26.5 Å². The molecule has 0 aliphatic carbocycles. The molecule has 6 nitrogen and oxygen atoms in total.